The van der Waals surface area contributed by atoms with E-state index in [9.17, 15) is 5.11 Å². The molecule has 1 aromatic heterocycles. The lowest BCUT2D eigenvalue weighted by molar-refractivity contribution is 0.0288. The predicted octanol–water partition coefficient (Wildman–Crippen LogP) is 2.65. The van der Waals surface area contributed by atoms with E-state index in [-0.39, 0.29) is 5.41 Å². The van der Waals surface area contributed by atoms with E-state index in [2.05, 4.69) is 26.1 Å². The number of hydrogen-bond acceptors (Lipinski definition) is 4. The van der Waals surface area contributed by atoms with E-state index in [1.807, 2.05) is 17.5 Å². The molecule has 0 saturated heterocycles. The van der Waals surface area contributed by atoms with Crippen molar-refractivity contribution in [3.05, 3.63) is 22.4 Å². The summed E-state index contributed by atoms with van der Waals surface area (Å²) < 4.78 is 5.47. The number of hydrogen-bond donors (Lipinski definition) is 2. The molecule has 1 atom stereocenters. The quantitative estimate of drug-likeness (QED) is 0.725. The smallest absolute Gasteiger partial charge is 0.0897 e. The van der Waals surface area contributed by atoms with Crippen molar-refractivity contribution < 1.29 is 9.84 Å². The van der Waals surface area contributed by atoms with Gasteiger partial charge in [0, 0.05) is 18.0 Å². The van der Waals surface area contributed by atoms with Gasteiger partial charge < -0.3 is 15.2 Å². The van der Waals surface area contributed by atoms with E-state index in [1.165, 1.54) is 4.88 Å². The Hall–Kier alpha value is -0.420. The van der Waals surface area contributed by atoms with Crippen LogP contribution in [0.25, 0.3) is 0 Å². The molecule has 1 heterocycles. The predicted molar refractivity (Wildman–Crippen MR) is 76.9 cm³/mol. The van der Waals surface area contributed by atoms with Gasteiger partial charge in [0.2, 0.25) is 0 Å². The molecule has 3 nitrogen and oxygen atoms in total. The summed E-state index contributed by atoms with van der Waals surface area (Å²) in [7, 11) is 0. The second-order valence-corrected chi connectivity index (χ2v) is 6.43. The molecule has 0 aliphatic carbocycles. The molecule has 0 amide bonds. The van der Waals surface area contributed by atoms with Crippen LogP contribution in [0.5, 0.6) is 0 Å². The molecule has 1 aromatic rings. The third-order valence-corrected chi connectivity index (χ3v) is 3.93. The molecule has 0 aromatic carbocycles. The van der Waals surface area contributed by atoms with Crippen LogP contribution in [0.15, 0.2) is 17.5 Å². The van der Waals surface area contributed by atoms with Crippen molar-refractivity contribution in [3.63, 3.8) is 0 Å². The number of nitrogens with one attached hydrogen (secondary N) is 1. The third kappa shape index (κ3) is 6.50. The Kier molecular flexibility index (Phi) is 6.86. The molecule has 0 fully saturated rings. The van der Waals surface area contributed by atoms with Crippen LogP contribution in [0.1, 0.15) is 32.1 Å². The highest BCUT2D eigenvalue weighted by molar-refractivity contribution is 7.09. The minimum absolute atomic E-state index is 0.289. The van der Waals surface area contributed by atoms with Crippen molar-refractivity contribution in [1.29, 1.82) is 0 Å². The zero-order valence-electron chi connectivity index (χ0n) is 11.6. The molecule has 0 aliphatic rings. The van der Waals surface area contributed by atoms with Gasteiger partial charge in [0.25, 0.3) is 0 Å². The Morgan fingerprint density at radius 3 is 2.89 bits per heavy atom. The van der Waals surface area contributed by atoms with Crippen LogP contribution in [0.4, 0.5) is 0 Å². The molecule has 0 spiro atoms. The summed E-state index contributed by atoms with van der Waals surface area (Å²) >= 11 is 1.68. The minimum Gasteiger partial charge on any atom is -0.389 e. The third-order valence-electron chi connectivity index (χ3n) is 3.08. The topological polar surface area (TPSA) is 41.5 Å². The van der Waals surface area contributed by atoms with Crippen LogP contribution < -0.4 is 5.32 Å². The monoisotopic (exact) mass is 271 g/mol. The summed E-state index contributed by atoms with van der Waals surface area (Å²) in [5, 5.41) is 15.1. The lowest BCUT2D eigenvalue weighted by atomic mass is 9.90. The largest absolute Gasteiger partial charge is 0.389 e. The Morgan fingerprint density at radius 1 is 1.50 bits per heavy atom. The van der Waals surface area contributed by atoms with Gasteiger partial charge in [0.1, 0.15) is 0 Å². The van der Waals surface area contributed by atoms with Crippen LogP contribution in [0.3, 0.4) is 0 Å². The van der Waals surface area contributed by atoms with Crippen LogP contribution in [-0.4, -0.2) is 30.9 Å². The van der Waals surface area contributed by atoms with Crippen LogP contribution in [0.2, 0.25) is 0 Å². The van der Waals surface area contributed by atoms with Gasteiger partial charge in [0.05, 0.1) is 19.3 Å². The SMILES string of the molecule is CCC(C)(C)CNCC(O)COCc1cccs1. The number of aliphatic hydroxyl groups excluding tert-OH is 1. The normalized spacial score (nSPS) is 13.8. The Balaban J connectivity index is 2.05. The van der Waals surface area contributed by atoms with E-state index in [4.69, 9.17) is 4.74 Å². The highest BCUT2D eigenvalue weighted by Crippen LogP contribution is 2.17. The summed E-state index contributed by atoms with van der Waals surface area (Å²) in [6.45, 7) is 9.12. The molecule has 2 N–H and O–H groups in total. The van der Waals surface area contributed by atoms with Gasteiger partial charge in [-0.05, 0) is 23.3 Å². The van der Waals surface area contributed by atoms with Crippen LogP contribution >= 0.6 is 11.3 Å². The second kappa shape index (κ2) is 7.89. The Labute approximate surface area is 114 Å². The summed E-state index contributed by atoms with van der Waals surface area (Å²) in [6, 6.07) is 4.05. The molecule has 0 bridgehead atoms. The van der Waals surface area contributed by atoms with Gasteiger partial charge in [-0.2, -0.15) is 0 Å². The molecule has 4 heteroatoms. The molecule has 0 saturated carbocycles. The van der Waals surface area contributed by atoms with Gasteiger partial charge in [-0.15, -0.1) is 11.3 Å². The van der Waals surface area contributed by atoms with Crippen molar-refractivity contribution in [1.82, 2.24) is 5.32 Å². The van der Waals surface area contributed by atoms with Crippen molar-refractivity contribution in [2.24, 2.45) is 5.41 Å². The van der Waals surface area contributed by atoms with Crippen molar-refractivity contribution in [2.45, 2.75) is 39.9 Å². The molecule has 104 valence electrons. The fourth-order valence-corrected chi connectivity index (χ4v) is 2.09. The Bertz CT molecular complexity index is 312. The van der Waals surface area contributed by atoms with Gasteiger partial charge in [-0.3, -0.25) is 0 Å². The van der Waals surface area contributed by atoms with E-state index in [1.54, 1.807) is 11.3 Å². The summed E-state index contributed by atoms with van der Waals surface area (Å²) in [5.41, 5.74) is 0.289. The highest BCUT2D eigenvalue weighted by Gasteiger charge is 2.15. The maximum absolute atomic E-state index is 9.76. The van der Waals surface area contributed by atoms with E-state index >= 15 is 0 Å². The van der Waals surface area contributed by atoms with Crippen LogP contribution in [0, 0.1) is 5.41 Å². The Morgan fingerprint density at radius 2 is 2.28 bits per heavy atom. The fourth-order valence-electron chi connectivity index (χ4n) is 1.45. The summed E-state index contributed by atoms with van der Waals surface area (Å²) in [5.74, 6) is 0. The highest BCUT2D eigenvalue weighted by atomic mass is 32.1. The van der Waals surface area contributed by atoms with Crippen LogP contribution in [-0.2, 0) is 11.3 Å². The summed E-state index contributed by atoms with van der Waals surface area (Å²) in [6.07, 6.45) is 0.697. The van der Waals surface area contributed by atoms with E-state index in [0.29, 0.717) is 19.8 Å². The minimum atomic E-state index is -0.433. The van der Waals surface area contributed by atoms with Gasteiger partial charge in [-0.1, -0.05) is 26.8 Å². The van der Waals surface area contributed by atoms with Gasteiger partial charge in [-0.25, -0.2) is 0 Å². The molecule has 1 unspecified atom stereocenters. The standard InChI is InChI=1S/C14H25NO2S/c1-4-14(2,3)11-15-8-12(16)9-17-10-13-6-5-7-18-13/h5-7,12,15-16H,4,8-11H2,1-3H3. The lowest BCUT2D eigenvalue weighted by Crippen LogP contribution is -2.36. The van der Waals surface area contributed by atoms with Crippen molar-refractivity contribution in [2.75, 3.05) is 19.7 Å². The molecular weight excluding hydrogens is 246 g/mol. The first kappa shape index (κ1) is 15.6. The first-order valence-electron chi connectivity index (χ1n) is 6.52. The molecule has 0 radical (unpaired) electrons. The number of thiophene rings is 1. The van der Waals surface area contributed by atoms with Gasteiger partial charge >= 0.3 is 0 Å². The second-order valence-electron chi connectivity index (χ2n) is 5.40. The first-order chi connectivity index (χ1) is 8.53. The maximum Gasteiger partial charge on any atom is 0.0897 e. The fraction of sp³-hybridized carbons (Fsp3) is 0.714. The van der Waals surface area contributed by atoms with Crippen molar-refractivity contribution in [3.8, 4) is 0 Å². The number of aliphatic hydroxyl groups is 1. The lowest BCUT2D eigenvalue weighted by Gasteiger charge is -2.23. The summed E-state index contributed by atoms with van der Waals surface area (Å²) in [4.78, 5) is 1.20. The average molecular weight is 271 g/mol. The zero-order chi connectivity index (χ0) is 13.4. The molecular formula is C14H25NO2S. The average Bonchev–Trinajstić information content (AvgIpc) is 2.82. The maximum atomic E-state index is 9.76. The van der Waals surface area contributed by atoms with Crippen molar-refractivity contribution >= 4 is 11.3 Å². The van der Waals surface area contributed by atoms with Gasteiger partial charge in [0.15, 0.2) is 0 Å². The molecule has 0 aliphatic heterocycles. The van der Waals surface area contributed by atoms with E-state index < -0.39 is 6.10 Å². The number of rotatable bonds is 9. The first-order valence-corrected chi connectivity index (χ1v) is 7.40. The molecule has 18 heavy (non-hydrogen) atoms. The van der Waals surface area contributed by atoms with E-state index in [0.717, 1.165) is 13.0 Å². The number of ether oxygens (including phenoxy) is 1. The molecule has 1 rings (SSSR count). The zero-order valence-corrected chi connectivity index (χ0v) is 12.4.